The molecule has 1 unspecified atom stereocenters. The molecule has 134 valence electrons. The van der Waals surface area contributed by atoms with Gasteiger partial charge in [0.1, 0.15) is 5.75 Å². The average Bonchev–Trinajstić information content (AvgIpc) is 2.74. The Morgan fingerprint density at radius 3 is 2.56 bits per heavy atom. The zero-order valence-electron chi connectivity index (χ0n) is 13.5. The number of nitrogens with one attached hydrogen (secondary N) is 1. The summed E-state index contributed by atoms with van der Waals surface area (Å²) in [6.45, 7) is 1.28. The molecule has 1 heterocycles. The Morgan fingerprint density at radius 2 is 1.92 bits per heavy atom. The normalized spacial score (nSPS) is 17.6. The van der Waals surface area contributed by atoms with E-state index in [9.17, 15) is 18.6 Å². The second-order valence-electron chi connectivity index (χ2n) is 5.99. The van der Waals surface area contributed by atoms with Gasteiger partial charge in [-0.3, -0.25) is 0 Å². The Labute approximate surface area is 151 Å². The molecule has 25 heavy (non-hydrogen) atoms. The van der Waals surface area contributed by atoms with E-state index in [-0.39, 0.29) is 28.2 Å². The van der Waals surface area contributed by atoms with Gasteiger partial charge >= 0.3 is 10.1 Å². The lowest BCUT2D eigenvalue weighted by Gasteiger charge is -2.21. The van der Waals surface area contributed by atoms with Crippen LogP contribution in [0.3, 0.4) is 0 Å². The van der Waals surface area contributed by atoms with Gasteiger partial charge in [-0.15, -0.1) is 0 Å². The number of hydrogen-bond donors (Lipinski definition) is 3. The smallest absolute Gasteiger partial charge is 0.306 e. The maximum atomic E-state index is 11.4. The second-order valence-corrected chi connectivity index (χ2v) is 7.95. The van der Waals surface area contributed by atoms with E-state index >= 15 is 0 Å². The van der Waals surface area contributed by atoms with Crippen LogP contribution in [0.4, 0.5) is 0 Å². The summed E-state index contributed by atoms with van der Waals surface area (Å²) < 4.78 is 27.7. The van der Waals surface area contributed by atoms with E-state index in [1.54, 1.807) is 12.1 Å². The van der Waals surface area contributed by atoms with Crippen molar-refractivity contribution in [2.75, 3.05) is 19.3 Å². The third kappa shape index (κ3) is 3.84. The predicted molar refractivity (Wildman–Crippen MR) is 95.1 cm³/mol. The number of benzene rings is 2. The Balaban J connectivity index is 2.13. The van der Waals surface area contributed by atoms with Crippen LogP contribution in [0, 0.1) is 0 Å². The van der Waals surface area contributed by atoms with Crippen molar-refractivity contribution in [2.45, 2.75) is 12.3 Å². The first-order chi connectivity index (χ1) is 11.8. The highest BCUT2D eigenvalue weighted by Crippen LogP contribution is 2.44. The zero-order chi connectivity index (χ0) is 18.2. The van der Waals surface area contributed by atoms with Gasteiger partial charge in [-0.05, 0) is 47.9 Å². The van der Waals surface area contributed by atoms with Gasteiger partial charge in [0, 0.05) is 12.5 Å². The number of phenols is 2. The molecule has 0 bridgehead atoms. The Morgan fingerprint density at radius 1 is 1.24 bits per heavy atom. The standard InChI is InChI=1S/C17H18ClNO5S/c1-25(22,23)24-17-15(21)8-13-12(16(17)18)6-7-19-9-14(13)10-2-4-11(20)5-3-10/h2-5,8,14,19-21H,6-7,9H2,1H3. The van der Waals surface area contributed by atoms with E-state index in [1.807, 2.05) is 12.1 Å². The fourth-order valence-corrected chi connectivity index (χ4v) is 3.90. The van der Waals surface area contributed by atoms with Gasteiger partial charge < -0.3 is 19.7 Å². The van der Waals surface area contributed by atoms with Crippen molar-refractivity contribution in [3.8, 4) is 17.2 Å². The third-order valence-electron chi connectivity index (χ3n) is 4.14. The van der Waals surface area contributed by atoms with Gasteiger partial charge in [-0.1, -0.05) is 23.7 Å². The molecule has 0 saturated heterocycles. The minimum atomic E-state index is -3.82. The molecule has 2 aromatic rings. The predicted octanol–water partition coefficient (Wildman–Crippen LogP) is 2.37. The van der Waals surface area contributed by atoms with Gasteiger partial charge in [0.05, 0.1) is 11.3 Å². The molecule has 0 aliphatic carbocycles. The van der Waals surface area contributed by atoms with Gasteiger partial charge in [-0.25, -0.2) is 0 Å². The van der Waals surface area contributed by atoms with Gasteiger partial charge in [0.2, 0.25) is 5.75 Å². The summed E-state index contributed by atoms with van der Waals surface area (Å²) in [6.07, 6.45) is 1.47. The maximum Gasteiger partial charge on any atom is 0.306 e. The number of halogens is 1. The maximum absolute atomic E-state index is 11.4. The highest BCUT2D eigenvalue weighted by atomic mass is 35.5. The molecule has 0 radical (unpaired) electrons. The SMILES string of the molecule is CS(=O)(=O)Oc1c(O)cc2c(c1Cl)CCNCC2c1ccc(O)cc1. The number of fused-ring (bicyclic) bond motifs is 1. The Kier molecular flexibility index (Phi) is 4.81. The molecule has 0 aromatic heterocycles. The first-order valence-electron chi connectivity index (χ1n) is 7.69. The van der Waals surface area contributed by atoms with Gasteiger partial charge in [-0.2, -0.15) is 8.42 Å². The van der Waals surface area contributed by atoms with Crippen molar-refractivity contribution in [2.24, 2.45) is 0 Å². The molecule has 1 aliphatic heterocycles. The molecule has 2 aromatic carbocycles. The molecule has 6 nitrogen and oxygen atoms in total. The van der Waals surface area contributed by atoms with Crippen molar-refractivity contribution < 1.29 is 22.8 Å². The lowest BCUT2D eigenvalue weighted by molar-refractivity contribution is 0.429. The van der Waals surface area contributed by atoms with E-state index in [4.69, 9.17) is 15.8 Å². The minimum Gasteiger partial charge on any atom is -0.508 e. The fourth-order valence-electron chi connectivity index (χ4n) is 3.05. The molecule has 0 amide bonds. The molecule has 0 fully saturated rings. The summed E-state index contributed by atoms with van der Waals surface area (Å²) in [5.74, 6) is -0.494. The van der Waals surface area contributed by atoms with Crippen molar-refractivity contribution in [3.63, 3.8) is 0 Å². The first-order valence-corrected chi connectivity index (χ1v) is 9.89. The van der Waals surface area contributed by atoms with E-state index < -0.39 is 10.1 Å². The number of hydrogen-bond acceptors (Lipinski definition) is 6. The van der Waals surface area contributed by atoms with Gasteiger partial charge in [0.15, 0.2) is 5.75 Å². The minimum absolute atomic E-state index is 0.103. The van der Waals surface area contributed by atoms with Crippen LogP contribution in [0.5, 0.6) is 17.2 Å². The molecule has 1 atom stereocenters. The van der Waals surface area contributed by atoms with Crippen LogP contribution >= 0.6 is 11.6 Å². The largest absolute Gasteiger partial charge is 0.508 e. The summed E-state index contributed by atoms with van der Waals surface area (Å²) in [6, 6.07) is 8.32. The second kappa shape index (κ2) is 6.74. The van der Waals surface area contributed by atoms with E-state index in [0.717, 1.165) is 22.9 Å². The molecule has 3 rings (SSSR count). The molecule has 1 aliphatic rings. The average molecular weight is 384 g/mol. The summed E-state index contributed by atoms with van der Waals surface area (Å²) in [5.41, 5.74) is 2.49. The van der Waals surface area contributed by atoms with Crippen LogP contribution in [0.15, 0.2) is 30.3 Å². The molecule has 0 spiro atoms. The fraction of sp³-hybridized carbons (Fsp3) is 0.294. The lowest BCUT2D eigenvalue weighted by atomic mass is 9.87. The lowest BCUT2D eigenvalue weighted by Crippen LogP contribution is -2.20. The number of rotatable bonds is 3. The van der Waals surface area contributed by atoms with Crippen LogP contribution in [0.2, 0.25) is 5.02 Å². The van der Waals surface area contributed by atoms with Crippen molar-refractivity contribution in [1.29, 1.82) is 0 Å². The highest BCUT2D eigenvalue weighted by molar-refractivity contribution is 7.86. The topological polar surface area (TPSA) is 95.9 Å². The van der Waals surface area contributed by atoms with E-state index in [2.05, 4.69) is 5.32 Å². The third-order valence-corrected chi connectivity index (χ3v) is 5.01. The summed E-state index contributed by atoms with van der Waals surface area (Å²) in [7, 11) is -3.82. The summed E-state index contributed by atoms with van der Waals surface area (Å²) in [4.78, 5) is 0. The molecular formula is C17H18ClNO5S. The van der Waals surface area contributed by atoms with Crippen LogP contribution in [-0.2, 0) is 16.5 Å². The van der Waals surface area contributed by atoms with E-state index in [0.29, 0.717) is 19.5 Å². The van der Waals surface area contributed by atoms with Crippen LogP contribution in [-0.4, -0.2) is 38.0 Å². The Hall–Kier alpha value is -1.96. The van der Waals surface area contributed by atoms with Crippen LogP contribution < -0.4 is 9.50 Å². The molecule has 3 N–H and O–H groups in total. The number of phenolic OH excluding ortho intramolecular Hbond substituents is 2. The molecule has 8 heteroatoms. The summed E-state index contributed by atoms with van der Waals surface area (Å²) in [5, 5.41) is 23.2. The van der Waals surface area contributed by atoms with Crippen LogP contribution in [0.1, 0.15) is 22.6 Å². The van der Waals surface area contributed by atoms with Crippen molar-refractivity contribution in [1.82, 2.24) is 5.32 Å². The Bertz CT molecular complexity index is 896. The molecule has 0 saturated carbocycles. The molecular weight excluding hydrogens is 366 g/mol. The zero-order valence-corrected chi connectivity index (χ0v) is 15.1. The van der Waals surface area contributed by atoms with Crippen molar-refractivity contribution in [3.05, 3.63) is 52.0 Å². The number of aromatic hydroxyl groups is 2. The monoisotopic (exact) mass is 383 g/mol. The first kappa shape index (κ1) is 17.8. The quantitative estimate of drug-likeness (QED) is 0.704. The van der Waals surface area contributed by atoms with E-state index in [1.165, 1.54) is 6.07 Å². The summed E-state index contributed by atoms with van der Waals surface area (Å²) >= 11 is 6.37. The van der Waals surface area contributed by atoms with Gasteiger partial charge in [0.25, 0.3) is 0 Å². The highest BCUT2D eigenvalue weighted by Gasteiger charge is 2.27. The van der Waals surface area contributed by atoms with Crippen molar-refractivity contribution >= 4 is 21.7 Å². The van der Waals surface area contributed by atoms with Crippen LogP contribution in [0.25, 0.3) is 0 Å².